The fourth-order valence-electron chi connectivity index (χ4n) is 1.67. The fourth-order valence-corrected chi connectivity index (χ4v) is 3.31. The van der Waals surface area contributed by atoms with Gasteiger partial charge in [-0.25, -0.2) is 8.42 Å². The van der Waals surface area contributed by atoms with Gasteiger partial charge >= 0.3 is 0 Å². The summed E-state index contributed by atoms with van der Waals surface area (Å²) in [7, 11) is -3.65. The van der Waals surface area contributed by atoms with Crippen LogP contribution < -0.4 is 16.6 Å². The van der Waals surface area contributed by atoms with Crippen molar-refractivity contribution in [2.24, 2.45) is 0 Å². The Bertz CT molecular complexity index is 541. The molecule has 1 rings (SSSR count). The lowest BCUT2D eigenvalue weighted by molar-refractivity contribution is -0.109. The van der Waals surface area contributed by atoms with Crippen LogP contribution >= 0.6 is 0 Å². The molecule has 1 amide bonds. The molecule has 0 aliphatic heterocycles. The Morgan fingerprint density at radius 3 is 2.47 bits per heavy atom. The van der Waals surface area contributed by atoms with E-state index in [1.165, 1.54) is 16.4 Å². The van der Waals surface area contributed by atoms with Crippen molar-refractivity contribution < 1.29 is 13.2 Å². The largest absolute Gasteiger partial charge is 0.399 e. The summed E-state index contributed by atoms with van der Waals surface area (Å²) in [5, 5.41) is 0. The number of amides is 1. The van der Waals surface area contributed by atoms with Crippen molar-refractivity contribution in [3.05, 3.63) is 18.2 Å². The summed E-state index contributed by atoms with van der Waals surface area (Å²) in [6.07, 6.45) is 0.421. The molecule has 0 saturated carbocycles. The first kappa shape index (κ1) is 15.3. The van der Waals surface area contributed by atoms with Crippen LogP contribution in [0, 0.1) is 0 Å². The minimum absolute atomic E-state index is 0.0329. The second-order valence-electron chi connectivity index (χ2n) is 3.73. The maximum absolute atomic E-state index is 12.4. The second kappa shape index (κ2) is 6.39. The van der Waals surface area contributed by atoms with Crippen molar-refractivity contribution in [1.29, 1.82) is 0 Å². The predicted octanol–water partition coefficient (Wildman–Crippen LogP) is 0.372. The molecular formula is C11H18N4O3S. The third kappa shape index (κ3) is 3.36. The van der Waals surface area contributed by atoms with Crippen LogP contribution in [0.25, 0.3) is 0 Å². The lowest BCUT2D eigenvalue weighted by atomic mass is 10.3. The molecule has 0 aromatic heterocycles. The number of nitrogens with one attached hydrogen (secondary N) is 2. The summed E-state index contributed by atoms with van der Waals surface area (Å²) < 4.78 is 26.2. The standard InChI is InChI=1S/C11H18N4O3S/c1-3-15(4-2)19(17,18)11-7-9(12)5-6-10(11)14-13-8-16/h5-8,14H,3-4,12H2,1-2H3,(H,13,16). The molecule has 106 valence electrons. The van der Waals surface area contributed by atoms with Gasteiger partial charge in [-0.05, 0) is 18.2 Å². The maximum atomic E-state index is 12.4. The molecule has 0 radical (unpaired) electrons. The third-order valence-corrected chi connectivity index (χ3v) is 4.68. The lowest BCUT2D eigenvalue weighted by Gasteiger charge is -2.21. The predicted molar refractivity (Wildman–Crippen MR) is 73.8 cm³/mol. The first-order valence-electron chi connectivity index (χ1n) is 5.82. The highest BCUT2D eigenvalue weighted by Crippen LogP contribution is 2.26. The van der Waals surface area contributed by atoms with Crippen LogP contribution in [0.3, 0.4) is 0 Å². The Morgan fingerprint density at radius 2 is 1.95 bits per heavy atom. The van der Waals surface area contributed by atoms with Crippen LogP contribution in [0.1, 0.15) is 13.8 Å². The number of nitrogen functional groups attached to an aromatic ring is 1. The first-order valence-corrected chi connectivity index (χ1v) is 7.26. The Kier molecular flexibility index (Phi) is 5.13. The first-order chi connectivity index (χ1) is 8.97. The van der Waals surface area contributed by atoms with Crippen LogP contribution in [0.15, 0.2) is 23.1 Å². The van der Waals surface area contributed by atoms with Gasteiger partial charge in [-0.3, -0.25) is 15.6 Å². The summed E-state index contributed by atoms with van der Waals surface area (Å²) >= 11 is 0. The van der Waals surface area contributed by atoms with E-state index in [4.69, 9.17) is 5.73 Å². The average molecular weight is 286 g/mol. The highest BCUT2D eigenvalue weighted by atomic mass is 32.2. The number of rotatable bonds is 7. The Morgan fingerprint density at radius 1 is 1.32 bits per heavy atom. The van der Waals surface area contributed by atoms with Crippen molar-refractivity contribution in [3.8, 4) is 0 Å². The van der Waals surface area contributed by atoms with Crippen LogP contribution in [0.4, 0.5) is 11.4 Å². The monoisotopic (exact) mass is 286 g/mol. The van der Waals surface area contributed by atoms with Gasteiger partial charge in [0, 0.05) is 18.8 Å². The molecule has 1 aromatic carbocycles. The van der Waals surface area contributed by atoms with Gasteiger partial charge in [0.15, 0.2) is 0 Å². The number of hydrogen-bond donors (Lipinski definition) is 3. The SMILES string of the molecule is CCN(CC)S(=O)(=O)c1cc(N)ccc1NNC=O. The Balaban J connectivity index is 3.30. The highest BCUT2D eigenvalue weighted by Gasteiger charge is 2.25. The summed E-state index contributed by atoms with van der Waals surface area (Å²) in [5.74, 6) is 0. The molecule has 0 aliphatic rings. The van der Waals surface area contributed by atoms with Gasteiger partial charge in [-0.15, -0.1) is 0 Å². The quantitative estimate of drug-likeness (QED) is 0.382. The molecule has 8 heteroatoms. The molecule has 0 fully saturated rings. The van der Waals surface area contributed by atoms with Gasteiger partial charge in [0.25, 0.3) is 0 Å². The molecule has 7 nitrogen and oxygen atoms in total. The third-order valence-electron chi connectivity index (χ3n) is 2.59. The number of benzene rings is 1. The Hall–Kier alpha value is -1.80. The number of hydrogen-bond acceptors (Lipinski definition) is 5. The van der Waals surface area contributed by atoms with E-state index in [9.17, 15) is 13.2 Å². The normalized spacial score (nSPS) is 11.3. The van der Waals surface area contributed by atoms with Gasteiger partial charge in [-0.1, -0.05) is 13.8 Å². The molecule has 0 bridgehead atoms. The lowest BCUT2D eigenvalue weighted by Crippen LogP contribution is -2.32. The maximum Gasteiger partial charge on any atom is 0.245 e. The molecule has 0 heterocycles. The van der Waals surface area contributed by atoms with E-state index in [0.717, 1.165) is 0 Å². The number of hydrazine groups is 1. The van der Waals surface area contributed by atoms with Gasteiger partial charge < -0.3 is 5.73 Å². The molecule has 19 heavy (non-hydrogen) atoms. The zero-order valence-electron chi connectivity index (χ0n) is 10.9. The molecule has 0 saturated heterocycles. The zero-order valence-corrected chi connectivity index (χ0v) is 11.7. The van der Waals surface area contributed by atoms with E-state index < -0.39 is 10.0 Å². The minimum atomic E-state index is -3.65. The molecule has 0 atom stereocenters. The van der Waals surface area contributed by atoms with E-state index in [1.807, 2.05) is 0 Å². The van der Waals surface area contributed by atoms with Gasteiger partial charge in [0.05, 0.1) is 5.69 Å². The van der Waals surface area contributed by atoms with Crippen molar-refractivity contribution >= 4 is 27.8 Å². The molecule has 4 N–H and O–H groups in total. The molecular weight excluding hydrogens is 268 g/mol. The van der Waals surface area contributed by atoms with Crippen LogP contribution in [0.2, 0.25) is 0 Å². The van der Waals surface area contributed by atoms with E-state index in [0.29, 0.717) is 25.2 Å². The summed E-state index contributed by atoms with van der Waals surface area (Å²) in [6, 6.07) is 4.42. The fraction of sp³-hybridized carbons (Fsp3) is 0.364. The van der Waals surface area contributed by atoms with Gasteiger partial charge in [-0.2, -0.15) is 4.31 Å². The van der Waals surface area contributed by atoms with E-state index in [-0.39, 0.29) is 10.6 Å². The topological polar surface area (TPSA) is 105 Å². The van der Waals surface area contributed by atoms with Crippen LogP contribution in [0.5, 0.6) is 0 Å². The molecule has 1 aromatic rings. The number of nitrogens with two attached hydrogens (primary N) is 1. The number of carbonyl (C=O) groups excluding carboxylic acids is 1. The number of anilines is 2. The summed E-state index contributed by atoms with van der Waals surface area (Å²) in [6.45, 7) is 4.22. The zero-order chi connectivity index (χ0) is 14.5. The van der Waals surface area contributed by atoms with Crippen molar-refractivity contribution in [2.45, 2.75) is 18.7 Å². The summed E-state index contributed by atoms with van der Waals surface area (Å²) in [5.41, 5.74) is 11.0. The molecule has 0 spiro atoms. The van der Waals surface area contributed by atoms with Crippen molar-refractivity contribution in [3.63, 3.8) is 0 Å². The Labute approximate surface area is 112 Å². The second-order valence-corrected chi connectivity index (χ2v) is 5.64. The van der Waals surface area contributed by atoms with E-state index in [2.05, 4.69) is 10.9 Å². The number of nitrogens with zero attached hydrogens (tertiary/aromatic N) is 1. The van der Waals surface area contributed by atoms with Crippen molar-refractivity contribution in [1.82, 2.24) is 9.73 Å². The number of carbonyl (C=O) groups is 1. The van der Waals surface area contributed by atoms with Crippen LogP contribution in [-0.4, -0.2) is 32.2 Å². The van der Waals surface area contributed by atoms with Crippen molar-refractivity contribution in [2.75, 3.05) is 24.2 Å². The highest BCUT2D eigenvalue weighted by molar-refractivity contribution is 7.89. The average Bonchev–Trinajstić information content (AvgIpc) is 2.38. The number of sulfonamides is 1. The van der Waals surface area contributed by atoms with Gasteiger partial charge in [0.2, 0.25) is 16.4 Å². The van der Waals surface area contributed by atoms with E-state index >= 15 is 0 Å². The molecule has 0 unspecified atom stereocenters. The minimum Gasteiger partial charge on any atom is -0.399 e. The molecule has 0 aliphatic carbocycles. The van der Waals surface area contributed by atoms with Gasteiger partial charge in [0.1, 0.15) is 4.90 Å². The van der Waals surface area contributed by atoms with E-state index in [1.54, 1.807) is 19.9 Å². The summed E-state index contributed by atoms with van der Waals surface area (Å²) in [4.78, 5) is 10.3. The van der Waals surface area contributed by atoms with Crippen LogP contribution in [-0.2, 0) is 14.8 Å². The smallest absolute Gasteiger partial charge is 0.245 e.